The summed E-state index contributed by atoms with van der Waals surface area (Å²) in [5, 5.41) is 0. The minimum Gasteiger partial charge on any atom is -0.482 e. The molecule has 0 fully saturated rings. The molecule has 0 aromatic heterocycles. The number of rotatable bonds is 10. The molecule has 3 rings (SSSR count). The monoisotopic (exact) mass is 628 g/mol. The first kappa shape index (κ1) is 33.1. The van der Waals surface area contributed by atoms with E-state index >= 15 is 0 Å². The summed E-state index contributed by atoms with van der Waals surface area (Å²) < 4.78 is 83.4. The highest BCUT2D eigenvalue weighted by atomic mass is 32.3. The second-order valence-electron chi connectivity index (χ2n) is 10.7. The third kappa shape index (κ3) is 7.69. The Kier molecular flexibility index (Phi) is 9.80. The van der Waals surface area contributed by atoms with Gasteiger partial charge in [-0.1, -0.05) is 6.07 Å². The molecule has 3 aromatic rings. The van der Waals surface area contributed by atoms with Gasteiger partial charge in [-0.05, 0) is 97.8 Å². The second-order valence-corrected chi connectivity index (χ2v) is 15.1. The number of benzene rings is 3. The third-order valence-corrected chi connectivity index (χ3v) is 10.6. The molecule has 0 aliphatic rings. The number of anilines is 2. The van der Waals surface area contributed by atoms with Gasteiger partial charge in [0.1, 0.15) is 11.4 Å². The largest absolute Gasteiger partial charge is 0.524 e. The van der Waals surface area contributed by atoms with Crippen molar-refractivity contribution in [3.8, 4) is 5.75 Å². The average Bonchev–Trinajstić information content (AvgIpc) is 2.89. The molecule has 0 saturated carbocycles. The molecule has 0 N–H and O–H groups in total. The molecule has 42 heavy (non-hydrogen) atoms. The van der Waals surface area contributed by atoms with E-state index in [0.29, 0.717) is 0 Å². The molecule has 0 unspecified atom stereocenters. The molecule has 0 bridgehead atoms. The van der Waals surface area contributed by atoms with Gasteiger partial charge < -0.3 is 19.3 Å². The predicted octanol–water partition coefficient (Wildman–Crippen LogP) is 6.60. The summed E-state index contributed by atoms with van der Waals surface area (Å²) in [4.78, 5) is 16.3. The first-order valence-electron chi connectivity index (χ1n) is 12.7. The van der Waals surface area contributed by atoms with Gasteiger partial charge in [-0.25, -0.2) is 4.79 Å². The summed E-state index contributed by atoms with van der Waals surface area (Å²) in [6, 6.07) is 18.7. The maximum atomic E-state index is 13.9. The fourth-order valence-corrected chi connectivity index (χ4v) is 8.56. The van der Waals surface area contributed by atoms with Gasteiger partial charge in [-0.15, -0.1) is 0 Å². The highest BCUT2D eigenvalue weighted by Gasteiger charge is 2.52. The van der Waals surface area contributed by atoms with Crippen molar-refractivity contribution in [3.05, 3.63) is 72.8 Å². The summed E-state index contributed by atoms with van der Waals surface area (Å²) in [6.07, 6.45) is 0. The molecule has 0 atom stereocenters. The van der Waals surface area contributed by atoms with E-state index < -0.39 is 44.1 Å². The van der Waals surface area contributed by atoms with Crippen molar-refractivity contribution in [1.29, 1.82) is 0 Å². The molecule has 0 aliphatic carbocycles. The second kappa shape index (κ2) is 12.4. The molecule has 0 heterocycles. The van der Waals surface area contributed by atoms with Crippen LogP contribution >= 0.6 is 10.3 Å². The number of carbonyl (C=O) groups excluding carboxylic acids is 1. The molecule has 230 valence electrons. The first-order valence-corrected chi connectivity index (χ1v) is 15.7. The van der Waals surface area contributed by atoms with Crippen molar-refractivity contribution in [2.75, 3.05) is 44.6 Å². The molecule has 0 amide bonds. The third-order valence-electron chi connectivity index (χ3n) is 5.76. The Labute approximate surface area is 246 Å². The lowest BCUT2D eigenvalue weighted by Gasteiger charge is -2.40. The first-order chi connectivity index (χ1) is 19.4. The highest BCUT2D eigenvalue weighted by Crippen LogP contribution is 2.71. The number of carbonyl (C=O) groups is 1. The van der Waals surface area contributed by atoms with Crippen molar-refractivity contribution in [2.24, 2.45) is 0 Å². The Hall–Kier alpha value is -3.42. The van der Waals surface area contributed by atoms with Gasteiger partial charge in [0, 0.05) is 54.3 Å². The smallest absolute Gasteiger partial charge is 0.482 e. The highest BCUT2D eigenvalue weighted by molar-refractivity contribution is 8.33. The van der Waals surface area contributed by atoms with Crippen molar-refractivity contribution in [2.45, 2.75) is 46.6 Å². The van der Waals surface area contributed by atoms with Crippen LogP contribution in [-0.2, 0) is 23.3 Å². The molecular weight excluding hydrogens is 593 g/mol. The van der Waals surface area contributed by atoms with Gasteiger partial charge in [0.2, 0.25) is 0 Å². The average molecular weight is 629 g/mol. The summed E-state index contributed by atoms with van der Waals surface area (Å²) in [6.45, 7) is 4.63. The Morgan fingerprint density at radius 2 is 1.24 bits per heavy atom. The number of hydrogen-bond donors (Lipinski definition) is 0. The van der Waals surface area contributed by atoms with Gasteiger partial charge >= 0.3 is 21.6 Å². The predicted molar refractivity (Wildman–Crippen MR) is 158 cm³/mol. The van der Waals surface area contributed by atoms with Crippen molar-refractivity contribution in [1.82, 2.24) is 0 Å². The Balaban J connectivity index is 2.28. The topological polar surface area (TPSA) is 85.4 Å². The molecule has 3 aromatic carbocycles. The van der Waals surface area contributed by atoms with Crippen molar-refractivity contribution >= 4 is 37.8 Å². The van der Waals surface area contributed by atoms with E-state index in [1.165, 1.54) is 24.3 Å². The van der Waals surface area contributed by atoms with Crippen LogP contribution in [0.4, 0.5) is 24.5 Å². The minimum atomic E-state index is -6.11. The Morgan fingerprint density at radius 3 is 1.64 bits per heavy atom. The summed E-state index contributed by atoms with van der Waals surface area (Å²) in [5.41, 5.74) is -4.96. The van der Waals surface area contributed by atoms with E-state index in [4.69, 9.17) is 13.1 Å². The van der Waals surface area contributed by atoms with E-state index in [2.05, 4.69) is 0 Å². The summed E-state index contributed by atoms with van der Waals surface area (Å²) in [7, 11) is -2.51. The van der Waals surface area contributed by atoms with Crippen LogP contribution < -0.4 is 14.5 Å². The van der Waals surface area contributed by atoms with Gasteiger partial charge in [0.25, 0.3) is 0 Å². The number of nitrogens with zero attached hydrogens (tertiary/aromatic N) is 2. The molecule has 0 spiro atoms. The molecule has 0 saturated heterocycles. The fraction of sp³-hybridized carbons (Fsp3) is 0.345. The van der Waals surface area contributed by atoms with Gasteiger partial charge in [-0.2, -0.15) is 25.2 Å². The lowest BCUT2D eigenvalue weighted by atomic mass is 10.2. The SMILES string of the molecule is CN(C)c1ccc(S(OS(=O)(=O)C(F)(F)F)(c2ccc(N(C)C)cc2)c2cccc(OCC(=O)OC(C)(C)C)c2)cc1. The van der Waals surface area contributed by atoms with Crippen LogP contribution in [0.1, 0.15) is 20.8 Å². The van der Waals surface area contributed by atoms with Crippen LogP contribution in [0.3, 0.4) is 0 Å². The standard InChI is InChI=1S/C29H35F3N2O6S2/c1-28(2,3)39-27(35)20-38-23-9-8-10-26(19-23)41(40-42(36,37)29(30,31)32,24-15-11-21(12-16-24)33(4)5)25-17-13-22(14-18-25)34(6)7/h8-19H,20H2,1-7H3. The van der Waals surface area contributed by atoms with Crippen molar-refractivity contribution in [3.63, 3.8) is 0 Å². The van der Waals surface area contributed by atoms with Crippen LogP contribution in [0.5, 0.6) is 5.75 Å². The summed E-state index contributed by atoms with van der Waals surface area (Å²) in [5.74, 6) is -0.543. The zero-order chi connectivity index (χ0) is 31.5. The van der Waals surface area contributed by atoms with Crippen LogP contribution in [-0.4, -0.2) is 60.3 Å². The quantitative estimate of drug-likeness (QED) is 0.183. The fourth-order valence-electron chi connectivity index (χ4n) is 3.83. The zero-order valence-electron chi connectivity index (χ0n) is 24.4. The molecule has 0 aliphatic heterocycles. The normalized spacial score (nSPS) is 12.9. The van der Waals surface area contributed by atoms with E-state index in [-0.39, 0.29) is 20.4 Å². The van der Waals surface area contributed by atoms with Crippen LogP contribution in [0.2, 0.25) is 0 Å². The number of alkyl halides is 3. The van der Waals surface area contributed by atoms with Crippen LogP contribution in [0.15, 0.2) is 87.5 Å². The molecule has 13 heteroatoms. The van der Waals surface area contributed by atoms with Crippen LogP contribution in [0, 0.1) is 0 Å². The lowest BCUT2D eigenvalue weighted by molar-refractivity contribution is -0.157. The lowest BCUT2D eigenvalue weighted by Crippen LogP contribution is -2.28. The molecule has 8 nitrogen and oxygen atoms in total. The molecular formula is C29H35F3N2O6S2. The van der Waals surface area contributed by atoms with E-state index in [0.717, 1.165) is 11.4 Å². The van der Waals surface area contributed by atoms with E-state index in [1.54, 1.807) is 107 Å². The molecule has 0 radical (unpaired) electrons. The maximum absolute atomic E-state index is 13.9. The van der Waals surface area contributed by atoms with Crippen LogP contribution in [0.25, 0.3) is 0 Å². The van der Waals surface area contributed by atoms with Crippen molar-refractivity contribution < 1.29 is 39.5 Å². The van der Waals surface area contributed by atoms with Gasteiger partial charge in [0.05, 0.1) is 0 Å². The Bertz CT molecular complexity index is 1430. The summed E-state index contributed by atoms with van der Waals surface area (Å²) >= 11 is 0. The number of esters is 1. The van der Waals surface area contributed by atoms with Gasteiger partial charge in [0.15, 0.2) is 6.61 Å². The minimum absolute atomic E-state index is 0.104. The van der Waals surface area contributed by atoms with Gasteiger partial charge in [-0.3, -0.25) is 0 Å². The Morgan fingerprint density at radius 1 is 0.762 bits per heavy atom. The van der Waals surface area contributed by atoms with E-state index in [9.17, 15) is 26.4 Å². The van der Waals surface area contributed by atoms with E-state index in [1.807, 2.05) is 0 Å². The zero-order valence-corrected chi connectivity index (χ0v) is 26.1. The number of hydrogen-bond acceptors (Lipinski definition) is 8. The maximum Gasteiger partial charge on any atom is 0.524 e. The number of ether oxygens (including phenoxy) is 2. The number of halogens is 3.